The van der Waals surface area contributed by atoms with Gasteiger partial charge in [-0.2, -0.15) is 0 Å². The number of benzene rings is 1. The molecule has 106 valence electrons. The fourth-order valence-corrected chi connectivity index (χ4v) is 3.01. The van der Waals surface area contributed by atoms with Gasteiger partial charge >= 0.3 is 0 Å². The zero-order valence-corrected chi connectivity index (χ0v) is 12.2. The number of anilines is 1. The lowest BCUT2D eigenvalue weighted by atomic mass is 10.1. The number of likely N-dealkylation sites (N-methyl/N-ethyl adjacent to an activating group) is 1. The molecule has 0 radical (unpaired) electrons. The summed E-state index contributed by atoms with van der Waals surface area (Å²) >= 11 is 0. The molecule has 1 fully saturated rings. The van der Waals surface area contributed by atoms with Crippen molar-refractivity contribution in [1.29, 1.82) is 0 Å². The van der Waals surface area contributed by atoms with Crippen LogP contribution in [-0.2, 0) is 6.54 Å². The molecular weight excluding hydrogens is 248 g/mol. The maximum Gasteiger partial charge on any atom is 0.136 e. The highest BCUT2D eigenvalue weighted by molar-refractivity contribution is 5.94. The highest BCUT2D eigenvalue weighted by Gasteiger charge is 2.26. The number of fused-ring (bicyclic) bond motifs is 1. The van der Waals surface area contributed by atoms with Gasteiger partial charge < -0.3 is 15.5 Å². The minimum Gasteiger partial charge on any atom is -0.354 e. The van der Waals surface area contributed by atoms with E-state index in [0.29, 0.717) is 12.6 Å². The molecule has 1 aliphatic heterocycles. The third-order valence-corrected chi connectivity index (χ3v) is 4.27. The van der Waals surface area contributed by atoms with E-state index in [4.69, 9.17) is 5.73 Å². The van der Waals surface area contributed by atoms with Gasteiger partial charge in [-0.05, 0) is 31.5 Å². The lowest BCUT2D eigenvalue weighted by Gasteiger charge is -2.22. The van der Waals surface area contributed by atoms with Crippen LogP contribution in [0.5, 0.6) is 0 Å². The molecule has 2 N–H and O–H groups in total. The topological polar surface area (TPSA) is 45.4 Å². The van der Waals surface area contributed by atoms with Gasteiger partial charge in [0.2, 0.25) is 0 Å². The van der Waals surface area contributed by atoms with Gasteiger partial charge in [-0.3, -0.25) is 0 Å². The third kappa shape index (κ3) is 2.25. The van der Waals surface area contributed by atoms with E-state index in [2.05, 4.69) is 53.1 Å². The van der Waals surface area contributed by atoms with Crippen LogP contribution in [0.1, 0.15) is 12.0 Å². The molecule has 3 rings (SSSR count). The quantitative estimate of drug-likeness (QED) is 0.924. The van der Waals surface area contributed by atoms with E-state index in [1.54, 1.807) is 0 Å². The van der Waals surface area contributed by atoms with Gasteiger partial charge in [0.15, 0.2) is 0 Å². The van der Waals surface area contributed by atoms with Gasteiger partial charge in [0.25, 0.3) is 0 Å². The van der Waals surface area contributed by atoms with Gasteiger partial charge in [-0.1, -0.05) is 24.3 Å². The Kier molecular flexibility index (Phi) is 3.59. The van der Waals surface area contributed by atoms with E-state index < -0.39 is 0 Å². The maximum absolute atomic E-state index is 5.82. The summed E-state index contributed by atoms with van der Waals surface area (Å²) in [7, 11) is 4.30. The number of aromatic nitrogens is 1. The molecule has 0 aliphatic carbocycles. The zero-order valence-electron chi connectivity index (χ0n) is 12.2. The molecule has 0 amide bonds. The first-order valence-corrected chi connectivity index (χ1v) is 7.18. The van der Waals surface area contributed by atoms with Crippen LogP contribution in [0.2, 0.25) is 0 Å². The molecule has 0 spiro atoms. The summed E-state index contributed by atoms with van der Waals surface area (Å²) in [5, 5.41) is 2.45. The van der Waals surface area contributed by atoms with Crippen molar-refractivity contribution in [3.05, 3.63) is 36.0 Å². The Morgan fingerprint density at radius 3 is 2.70 bits per heavy atom. The molecule has 1 unspecified atom stereocenters. The van der Waals surface area contributed by atoms with E-state index in [1.807, 2.05) is 6.20 Å². The fraction of sp³-hybridized carbons (Fsp3) is 0.438. The number of nitrogens with zero attached hydrogens (tertiary/aromatic N) is 3. The van der Waals surface area contributed by atoms with Crippen molar-refractivity contribution >= 4 is 16.6 Å². The summed E-state index contributed by atoms with van der Waals surface area (Å²) in [6.45, 7) is 2.65. The first-order chi connectivity index (χ1) is 9.70. The Morgan fingerprint density at radius 1 is 1.30 bits per heavy atom. The van der Waals surface area contributed by atoms with Crippen LogP contribution in [0.25, 0.3) is 10.8 Å². The average Bonchev–Trinajstić information content (AvgIpc) is 2.96. The number of hydrogen-bond donors (Lipinski definition) is 1. The molecule has 0 saturated carbocycles. The Bertz CT molecular complexity index is 608. The second-order valence-electron chi connectivity index (χ2n) is 5.71. The number of rotatable bonds is 3. The average molecular weight is 270 g/mol. The zero-order chi connectivity index (χ0) is 14.1. The van der Waals surface area contributed by atoms with Crippen molar-refractivity contribution in [2.75, 3.05) is 32.1 Å². The Balaban J connectivity index is 2.01. The Labute approximate surface area is 120 Å². The van der Waals surface area contributed by atoms with Crippen LogP contribution in [0, 0.1) is 0 Å². The van der Waals surface area contributed by atoms with Crippen molar-refractivity contribution in [3.63, 3.8) is 0 Å². The lowest BCUT2D eigenvalue weighted by molar-refractivity contribution is 0.315. The van der Waals surface area contributed by atoms with Gasteiger partial charge in [-0.25, -0.2) is 4.98 Å². The fourth-order valence-electron chi connectivity index (χ4n) is 3.01. The molecule has 2 heterocycles. The summed E-state index contributed by atoms with van der Waals surface area (Å²) in [6, 6.07) is 9.05. The van der Waals surface area contributed by atoms with Gasteiger partial charge in [0, 0.05) is 37.3 Å². The maximum atomic E-state index is 5.82. The monoisotopic (exact) mass is 270 g/mol. The minimum absolute atomic E-state index is 0.536. The molecule has 1 aliphatic rings. The van der Waals surface area contributed by atoms with Gasteiger partial charge in [0.1, 0.15) is 5.82 Å². The second kappa shape index (κ2) is 5.38. The van der Waals surface area contributed by atoms with E-state index in [1.165, 1.54) is 17.2 Å². The van der Waals surface area contributed by atoms with Crippen LogP contribution in [0.4, 0.5) is 5.82 Å². The third-order valence-electron chi connectivity index (χ3n) is 4.27. The first-order valence-electron chi connectivity index (χ1n) is 7.18. The number of pyridine rings is 1. The SMILES string of the molecule is CN(C)C1CCN(c2ncc(CN)c3ccccc23)C1. The predicted molar refractivity (Wildman–Crippen MR) is 83.9 cm³/mol. The number of hydrogen-bond acceptors (Lipinski definition) is 4. The standard InChI is InChI=1S/C16H22N4/c1-19(2)13-7-8-20(11-13)16-15-6-4-3-5-14(15)12(9-17)10-18-16/h3-6,10,13H,7-9,11,17H2,1-2H3. The molecule has 20 heavy (non-hydrogen) atoms. The molecule has 0 bridgehead atoms. The smallest absolute Gasteiger partial charge is 0.136 e. The van der Waals surface area contributed by atoms with Crippen LogP contribution in [0.15, 0.2) is 30.5 Å². The van der Waals surface area contributed by atoms with Crippen molar-refractivity contribution in [3.8, 4) is 0 Å². The van der Waals surface area contributed by atoms with Crippen LogP contribution >= 0.6 is 0 Å². The summed E-state index contributed by atoms with van der Waals surface area (Å²) in [4.78, 5) is 9.38. The lowest BCUT2D eigenvalue weighted by Crippen LogP contribution is -2.31. The summed E-state index contributed by atoms with van der Waals surface area (Å²) < 4.78 is 0. The summed E-state index contributed by atoms with van der Waals surface area (Å²) in [5.41, 5.74) is 6.94. The van der Waals surface area contributed by atoms with Crippen LogP contribution < -0.4 is 10.6 Å². The Hall–Kier alpha value is -1.65. The van der Waals surface area contributed by atoms with Crippen molar-refractivity contribution < 1.29 is 0 Å². The largest absolute Gasteiger partial charge is 0.354 e. The molecule has 4 nitrogen and oxygen atoms in total. The van der Waals surface area contributed by atoms with E-state index >= 15 is 0 Å². The number of nitrogens with two attached hydrogens (primary N) is 1. The minimum atomic E-state index is 0.536. The van der Waals surface area contributed by atoms with E-state index in [9.17, 15) is 0 Å². The first kappa shape index (κ1) is 13.3. The van der Waals surface area contributed by atoms with E-state index in [-0.39, 0.29) is 0 Å². The second-order valence-corrected chi connectivity index (χ2v) is 5.71. The molecular formula is C16H22N4. The van der Waals surface area contributed by atoms with E-state index in [0.717, 1.165) is 24.5 Å². The highest BCUT2D eigenvalue weighted by Crippen LogP contribution is 2.29. The molecule has 1 atom stereocenters. The van der Waals surface area contributed by atoms with Crippen LogP contribution in [0.3, 0.4) is 0 Å². The van der Waals surface area contributed by atoms with Crippen molar-refractivity contribution in [2.45, 2.75) is 19.0 Å². The molecule has 4 heteroatoms. The van der Waals surface area contributed by atoms with Gasteiger partial charge in [0.05, 0.1) is 0 Å². The molecule has 1 saturated heterocycles. The Morgan fingerprint density at radius 2 is 2.05 bits per heavy atom. The molecule has 1 aromatic carbocycles. The van der Waals surface area contributed by atoms with Crippen molar-refractivity contribution in [2.24, 2.45) is 5.73 Å². The normalized spacial score (nSPS) is 19.2. The van der Waals surface area contributed by atoms with Crippen LogP contribution in [-0.4, -0.2) is 43.1 Å². The summed E-state index contributed by atoms with van der Waals surface area (Å²) in [5.74, 6) is 1.10. The predicted octanol–water partition coefficient (Wildman–Crippen LogP) is 1.83. The molecule has 1 aromatic heterocycles. The summed E-state index contributed by atoms with van der Waals surface area (Å²) in [6.07, 6.45) is 3.13. The highest BCUT2D eigenvalue weighted by atomic mass is 15.3. The molecule has 2 aromatic rings. The van der Waals surface area contributed by atoms with Crippen molar-refractivity contribution in [1.82, 2.24) is 9.88 Å². The van der Waals surface area contributed by atoms with Gasteiger partial charge in [-0.15, -0.1) is 0 Å².